The minimum atomic E-state index is -0.340. The van der Waals surface area contributed by atoms with Crippen molar-refractivity contribution in [2.24, 2.45) is 5.92 Å². The number of carbonyl (C=O) groups excluding carboxylic acids is 2. The molecule has 1 aromatic rings. The minimum Gasteiger partial charge on any atom is -0.354 e. The number of carbonyl (C=O) groups is 2. The first kappa shape index (κ1) is 17.6. The molecular formula is C14H24N4O2S. The lowest BCUT2D eigenvalue weighted by molar-refractivity contribution is -0.126. The molecule has 0 aromatic carbocycles. The molecule has 6 nitrogen and oxygen atoms in total. The summed E-state index contributed by atoms with van der Waals surface area (Å²) in [6.07, 6.45) is 2.42. The second-order valence-corrected chi connectivity index (χ2v) is 6.51. The van der Waals surface area contributed by atoms with E-state index in [0.29, 0.717) is 17.6 Å². The van der Waals surface area contributed by atoms with Gasteiger partial charge in [-0.1, -0.05) is 13.8 Å². The summed E-state index contributed by atoms with van der Waals surface area (Å²) < 4.78 is 0. The average molecular weight is 312 g/mol. The second-order valence-electron chi connectivity index (χ2n) is 5.61. The van der Waals surface area contributed by atoms with Crippen molar-refractivity contribution in [2.45, 2.75) is 32.7 Å². The van der Waals surface area contributed by atoms with Crippen molar-refractivity contribution >= 4 is 28.3 Å². The highest BCUT2D eigenvalue weighted by atomic mass is 32.1. The quantitative estimate of drug-likeness (QED) is 0.715. The van der Waals surface area contributed by atoms with Crippen LogP contribution >= 0.6 is 11.3 Å². The number of thiazole rings is 1. The van der Waals surface area contributed by atoms with Gasteiger partial charge >= 0.3 is 0 Å². The topological polar surface area (TPSA) is 74.3 Å². The Morgan fingerprint density at radius 3 is 2.57 bits per heavy atom. The summed E-state index contributed by atoms with van der Waals surface area (Å²) in [7, 11) is 3.99. The molecule has 0 radical (unpaired) electrons. The highest BCUT2D eigenvalue weighted by Gasteiger charge is 2.16. The summed E-state index contributed by atoms with van der Waals surface area (Å²) in [5, 5.41) is 7.69. The van der Waals surface area contributed by atoms with Crippen LogP contribution in [0.4, 0.5) is 5.13 Å². The predicted molar refractivity (Wildman–Crippen MR) is 85.3 cm³/mol. The molecule has 0 aliphatic heterocycles. The van der Waals surface area contributed by atoms with E-state index in [9.17, 15) is 9.59 Å². The smallest absolute Gasteiger partial charge is 0.235 e. The predicted octanol–water partition coefficient (Wildman–Crippen LogP) is 1.56. The van der Waals surface area contributed by atoms with Gasteiger partial charge < -0.3 is 15.5 Å². The van der Waals surface area contributed by atoms with Crippen LogP contribution in [0.2, 0.25) is 0 Å². The molecule has 0 unspecified atom stereocenters. The maximum Gasteiger partial charge on any atom is 0.235 e. The highest BCUT2D eigenvalue weighted by Crippen LogP contribution is 2.10. The van der Waals surface area contributed by atoms with Crippen molar-refractivity contribution < 1.29 is 9.59 Å². The zero-order valence-corrected chi connectivity index (χ0v) is 13.9. The summed E-state index contributed by atoms with van der Waals surface area (Å²) in [6.45, 7) is 4.86. The molecule has 0 bridgehead atoms. The fourth-order valence-corrected chi connectivity index (χ4v) is 2.45. The number of anilines is 1. The van der Waals surface area contributed by atoms with Crippen LogP contribution in [0.25, 0.3) is 0 Å². The van der Waals surface area contributed by atoms with E-state index in [-0.39, 0.29) is 24.3 Å². The lowest BCUT2D eigenvalue weighted by Gasteiger charge is -2.26. The molecule has 1 atom stereocenters. The molecule has 2 amide bonds. The Bertz CT molecular complexity index is 446. The molecule has 0 fully saturated rings. The van der Waals surface area contributed by atoms with E-state index in [2.05, 4.69) is 34.4 Å². The van der Waals surface area contributed by atoms with E-state index in [1.165, 1.54) is 11.3 Å². The number of hydrogen-bond acceptors (Lipinski definition) is 5. The van der Waals surface area contributed by atoms with Gasteiger partial charge in [-0.25, -0.2) is 4.98 Å². The molecule has 0 spiro atoms. The van der Waals surface area contributed by atoms with Crippen molar-refractivity contribution in [2.75, 3.05) is 26.0 Å². The third-order valence-electron chi connectivity index (χ3n) is 3.01. The Kier molecular flexibility index (Phi) is 7.31. The van der Waals surface area contributed by atoms with E-state index in [0.717, 1.165) is 6.42 Å². The lowest BCUT2D eigenvalue weighted by atomic mass is 10.0. The molecule has 0 saturated heterocycles. The Morgan fingerprint density at radius 1 is 1.33 bits per heavy atom. The van der Waals surface area contributed by atoms with Crippen molar-refractivity contribution in [1.82, 2.24) is 15.2 Å². The number of hydrogen-bond donors (Lipinski definition) is 2. The van der Waals surface area contributed by atoms with Gasteiger partial charge in [-0.05, 0) is 26.4 Å². The first-order valence-electron chi connectivity index (χ1n) is 7.01. The van der Waals surface area contributed by atoms with Crippen LogP contribution in [0.15, 0.2) is 11.6 Å². The fourth-order valence-electron chi connectivity index (χ4n) is 1.91. The Balaban J connectivity index is 2.33. The zero-order chi connectivity index (χ0) is 15.8. The fraction of sp³-hybridized carbons (Fsp3) is 0.643. The average Bonchev–Trinajstić information content (AvgIpc) is 2.86. The van der Waals surface area contributed by atoms with E-state index in [4.69, 9.17) is 0 Å². The van der Waals surface area contributed by atoms with E-state index in [1.807, 2.05) is 14.1 Å². The van der Waals surface area contributed by atoms with E-state index < -0.39 is 0 Å². The summed E-state index contributed by atoms with van der Waals surface area (Å²) in [5.41, 5.74) is 0. The summed E-state index contributed by atoms with van der Waals surface area (Å²) in [5.74, 6) is -0.0464. The van der Waals surface area contributed by atoms with Crippen LogP contribution in [0, 0.1) is 5.92 Å². The van der Waals surface area contributed by atoms with Crippen molar-refractivity contribution in [3.63, 3.8) is 0 Å². The Labute approximate surface area is 129 Å². The normalized spacial score (nSPS) is 12.5. The van der Waals surface area contributed by atoms with Crippen LogP contribution in [0.1, 0.15) is 26.7 Å². The SMILES string of the molecule is CC(C)C[C@H](CNC(=O)CC(=O)Nc1nccs1)N(C)C. The van der Waals surface area contributed by atoms with Gasteiger partial charge in [-0.2, -0.15) is 0 Å². The van der Waals surface area contributed by atoms with Crippen LogP contribution in [0.5, 0.6) is 0 Å². The van der Waals surface area contributed by atoms with Gasteiger partial charge in [-0.15, -0.1) is 11.3 Å². The standard InChI is InChI=1S/C14H24N4O2S/c1-10(2)7-11(18(3)4)9-16-12(19)8-13(20)17-14-15-5-6-21-14/h5-6,10-11H,7-9H2,1-4H3,(H,16,19)(H,15,17,20)/t11-/m1/s1. The molecule has 118 valence electrons. The second kappa shape index (κ2) is 8.74. The van der Waals surface area contributed by atoms with Crippen LogP contribution in [0.3, 0.4) is 0 Å². The number of nitrogens with one attached hydrogen (secondary N) is 2. The summed E-state index contributed by atoms with van der Waals surface area (Å²) >= 11 is 1.33. The Hall–Kier alpha value is -1.47. The molecule has 0 aliphatic carbocycles. The first-order chi connectivity index (χ1) is 9.88. The van der Waals surface area contributed by atoms with Gasteiger partial charge in [0.1, 0.15) is 6.42 Å². The van der Waals surface area contributed by atoms with Gasteiger partial charge in [0.2, 0.25) is 11.8 Å². The number of likely N-dealkylation sites (N-methyl/N-ethyl adjacent to an activating group) is 1. The van der Waals surface area contributed by atoms with Crippen LogP contribution in [-0.4, -0.2) is 48.4 Å². The largest absolute Gasteiger partial charge is 0.354 e. The van der Waals surface area contributed by atoms with Gasteiger partial charge in [0.15, 0.2) is 5.13 Å². The molecule has 7 heteroatoms. The van der Waals surface area contributed by atoms with Gasteiger partial charge in [0, 0.05) is 24.2 Å². The van der Waals surface area contributed by atoms with Gasteiger partial charge in [0.05, 0.1) is 0 Å². The number of rotatable bonds is 8. The van der Waals surface area contributed by atoms with Crippen LogP contribution < -0.4 is 10.6 Å². The molecule has 2 N–H and O–H groups in total. The zero-order valence-electron chi connectivity index (χ0n) is 13.0. The first-order valence-corrected chi connectivity index (χ1v) is 7.89. The molecule has 21 heavy (non-hydrogen) atoms. The third kappa shape index (κ3) is 7.19. The molecule has 1 rings (SSSR count). The van der Waals surface area contributed by atoms with E-state index >= 15 is 0 Å². The van der Waals surface area contributed by atoms with Crippen LogP contribution in [-0.2, 0) is 9.59 Å². The number of amides is 2. The molecule has 0 aliphatic rings. The highest BCUT2D eigenvalue weighted by molar-refractivity contribution is 7.13. The maximum atomic E-state index is 11.8. The number of aromatic nitrogens is 1. The van der Waals surface area contributed by atoms with E-state index in [1.54, 1.807) is 11.6 Å². The molecular weight excluding hydrogens is 288 g/mol. The van der Waals surface area contributed by atoms with Crippen molar-refractivity contribution in [3.05, 3.63) is 11.6 Å². The molecule has 1 aromatic heterocycles. The molecule has 1 heterocycles. The summed E-state index contributed by atoms with van der Waals surface area (Å²) in [4.78, 5) is 29.5. The number of nitrogens with zero attached hydrogens (tertiary/aromatic N) is 2. The van der Waals surface area contributed by atoms with Crippen molar-refractivity contribution in [3.8, 4) is 0 Å². The summed E-state index contributed by atoms with van der Waals surface area (Å²) in [6, 6.07) is 0.274. The third-order valence-corrected chi connectivity index (χ3v) is 3.70. The van der Waals surface area contributed by atoms with Gasteiger partial charge in [0.25, 0.3) is 0 Å². The minimum absolute atomic E-state index is 0.179. The monoisotopic (exact) mass is 312 g/mol. The lowest BCUT2D eigenvalue weighted by Crippen LogP contribution is -2.41. The maximum absolute atomic E-state index is 11.8. The Morgan fingerprint density at radius 2 is 2.05 bits per heavy atom. The molecule has 0 saturated carbocycles. The van der Waals surface area contributed by atoms with Gasteiger partial charge in [-0.3, -0.25) is 9.59 Å². The van der Waals surface area contributed by atoms with Crippen molar-refractivity contribution in [1.29, 1.82) is 0 Å².